The Hall–Kier alpha value is -3.96. The van der Waals surface area contributed by atoms with Crippen LogP contribution in [0, 0.1) is 12.3 Å². The van der Waals surface area contributed by atoms with Gasteiger partial charge in [0.25, 0.3) is 5.91 Å². The van der Waals surface area contributed by atoms with E-state index in [2.05, 4.69) is 23.5 Å². The zero-order valence-electron chi connectivity index (χ0n) is 27.9. The van der Waals surface area contributed by atoms with E-state index < -0.39 is 23.8 Å². The van der Waals surface area contributed by atoms with Crippen LogP contribution < -0.4 is 10.6 Å². The Bertz CT molecular complexity index is 1480. The van der Waals surface area contributed by atoms with Gasteiger partial charge in [0.1, 0.15) is 17.7 Å². The summed E-state index contributed by atoms with van der Waals surface area (Å²) in [5, 5.41) is 7.95. The molecule has 2 atom stereocenters. The summed E-state index contributed by atoms with van der Waals surface area (Å²) in [5.41, 5.74) is 1.22. The van der Waals surface area contributed by atoms with E-state index in [1.807, 2.05) is 48.7 Å². The number of terminal acetylenes is 1. The maximum absolute atomic E-state index is 14.5. The van der Waals surface area contributed by atoms with Crippen molar-refractivity contribution in [2.75, 3.05) is 23.9 Å². The monoisotopic (exact) mass is 643 g/mol. The zero-order chi connectivity index (χ0) is 33.5. The molecule has 3 aromatic rings. The fraction of sp³-hybridized carbons (Fsp3) is 0.447. The summed E-state index contributed by atoms with van der Waals surface area (Å²) < 4.78 is 5.52. The summed E-state index contributed by atoms with van der Waals surface area (Å²) in [6.07, 6.45) is 13.4. The number of anilines is 1. The van der Waals surface area contributed by atoms with Gasteiger partial charge in [-0.05, 0) is 86.2 Å². The number of carbonyl (C=O) groups excluding carboxylic acids is 3. The molecule has 0 fully saturated rings. The average Bonchev–Trinajstić information content (AvgIpc) is 3.03. The number of amides is 3. The van der Waals surface area contributed by atoms with Crippen LogP contribution >= 0.6 is 11.8 Å². The van der Waals surface area contributed by atoms with Gasteiger partial charge >= 0.3 is 6.09 Å². The summed E-state index contributed by atoms with van der Waals surface area (Å²) in [5.74, 6) is 2.60. The van der Waals surface area contributed by atoms with Crippen molar-refractivity contribution < 1.29 is 19.1 Å². The van der Waals surface area contributed by atoms with Crippen molar-refractivity contribution in [3.63, 3.8) is 0 Å². The third-order valence-electron chi connectivity index (χ3n) is 7.61. The van der Waals surface area contributed by atoms with E-state index in [1.165, 1.54) is 0 Å². The van der Waals surface area contributed by atoms with Gasteiger partial charge in [0.2, 0.25) is 5.91 Å². The maximum Gasteiger partial charge on any atom is 0.408 e. The third-order valence-corrected chi connectivity index (χ3v) is 8.25. The third kappa shape index (κ3) is 11.4. The molecular weight excluding hydrogens is 595 g/mol. The molecule has 0 heterocycles. The lowest BCUT2D eigenvalue weighted by molar-refractivity contribution is -0.141. The van der Waals surface area contributed by atoms with Crippen LogP contribution in [0.3, 0.4) is 0 Å². The van der Waals surface area contributed by atoms with E-state index in [9.17, 15) is 14.4 Å². The van der Waals surface area contributed by atoms with Crippen molar-refractivity contribution in [3.05, 3.63) is 77.9 Å². The molecule has 0 radical (unpaired) electrons. The Morgan fingerprint density at radius 2 is 1.61 bits per heavy atom. The Morgan fingerprint density at radius 1 is 0.935 bits per heavy atom. The molecule has 2 unspecified atom stereocenters. The van der Waals surface area contributed by atoms with E-state index in [1.54, 1.807) is 61.7 Å². The molecule has 0 spiro atoms. The summed E-state index contributed by atoms with van der Waals surface area (Å²) in [6.45, 7) is 7.87. The van der Waals surface area contributed by atoms with Gasteiger partial charge in [-0.2, -0.15) is 11.8 Å². The minimum atomic E-state index is -0.960. The predicted molar refractivity (Wildman–Crippen MR) is 191 cm³/mol. The topological polar surface area (TPSA) is 87.7 Å². The number of thioether (sulfide) groups is 1. The smallest absolute Gasteiger partial charge is 0.408 e. The first kappa shape index (κ1) is 36.5. The van der Waals surface area contributed by atoms with Crippen LogP contribution in [0.4, 0.5) is 10.5 Å². The van der Waals surface area contributed by atoms with Crippen molar-refractivity contribution in [2.24, 2.45) is 0 Å². The predicted octanol–water partition coefficient (Wildman–Crippen LogP) is 8.34. The van der Waals surface area contributed by atoms with Gasteiger partial charge in [0.05, 0.1) is 0 Å². The molecule has 0 aliphatic heterocycles. The first-order valence-corrected chi connectivity index (χ1v) is 17.6. The number of benzene rings is 3. The molecule has 2 N–H and O–H groups in total. The first-order valence-electron chi connectivity index (χ1n) is 16.2. The summed E-state index contributed by atoms with van der Waals surface area (Å²) in [4.78, 5) is 43.4. The molecule has 246 valence electrons. The molecule has 3 amide bonds. The van der Waals surface area contributed by atoms with Crippen molar-refractivity contribution in [1.29, 1.82) is 0 Å². The quantitative estimate of drug-likeness (QED) is 0.121. The lowest BCUT2D eigenvalue weighted by atomic mass is 10.00. The van der Waals surface area contributed by atoms with Crippen molar-refractivity contribution >= 4 is 46.1 Å². The largest absolute Gasteiger partial charge is 0.444 e. The minimum Gasteiger partial charge on any atom is -0.444 e. The molecule has 0 aliphatic carbocycles. The van der Waals surface area contributed by atoms with E-state index >= 15 is 0 Å². The number of carbonyl (C=O) groups is 3. The maximum atomic E-state index is 14.5. The summed E-state index contributed by atoms with van der Waals surface area (Å²) in [6, 6.07) is 19.0. The molecule has 3 aromatic carbocycles. The number of nitrogens with one attached hydrogen (secondary N) is 2. The van der Waals surface area contributed by atoms with E-state index in [0.29, 0.717) is 35.5 Å². The van der Waals surface area contributed by atoms with Crippen LogP contribution in [0.5, 0.6) is 0 Å². The van der Waals surface area contributed by atoms with Crippen molar-refractivity contribution in [1.82, 2.24) is 10.2 Å². The molecule has 0 aliphatic rings. The molecule has 0 saturated heterocycles. The second-order valence-corrected chi connectivity index (χ2v) is 13.5. The van der Waals surface area contributed by atoms with Crippen molar-refractivity contribution in [3.8, 4) is 12.3 Å². The van der Waals surface area contributed by atoms with Gasteiger partial charge in [0.15, 0.2) is 0 Å². The molecule has 0 bridgehead atoms. The molecule has 3 rings (SSSR count). The first-order chi connectivity index (χ1) is 22.1. The number of hydrogen-bond donors (Lipinski definition) is 2. The fourth-order valence-corrected chi connectivity index (χ4v) is 5.76. The van der Waals surface area contributed by atoms with Gasteiger partial charge < -0.3 is 20.3 Å². The lowest BCUT2D eigenvalue weighted by Gasteiger charge is -2.34. The van der Waals surface area contributed by atoms with E-state index in [0.717, 1.165) is 49.3 Å². The highest BCUT2D eigenvalue weighted by molar-refractivity contribution is 7.98. The summed E-state index contributed by atoms with van der Waals surface area (Å²) >= 11 is 1.59. The second-order valence-electron chi connectivity index (χ2n) is 12.5. The fourth-order valence-electron chi connectivity index (χ4n) is 5.28. The minimum absolute atomic E-state index is 0.326. The number of hydrogen-bond acceptors (Lipinski definition) is 5. The van der Waals surface area contributed by atoms with Crippen molar-refractivity contribution in [2.45, 2.75) is 90.3 Å². The highest BCUT2D eigenvalue weighted by Gasteiger charge is 2.36. The van der Waals surface area contributed by atoms with E-state index in [-0.39, 0.29) is 11.8 Å². The van der Waals surface area contributed by atoms with E-state index in [4.69, 9.17) is 11.2 Å². The average molecular weight is 644 g/mol. The Labute approximate surface area is 279 Å². The molecule has 8 heteroatoms. The Kier molecular flexibility index (Phi) is 14.5. The number of rotatable bonds is 16. The lowest BCUT2D eigenvalue weighted by Crippen LogP contribution is -2.52. The highest BCUT2D eigenvalue weighted by Crippen LogP contribution is 2.27. The molecule has 46 heavy (non-hydrogen) atoms. The molecular formula is C38H49N3O4S. The molecule has 7 nitrogen and oxygen atoms in total. The number of unbranched alkanes of at least 4 members (excludes halogenated alkanes) is 5. The van der Waals surface area contributed by atoms with Crippen LogP contribution in [0.2, 0.25) is 0 Å². The second kappa shape index (κ2) is 18.3. The molecule has 0 saturated carbocycles. The van der Waals surface area contributed by atoms with Gasteiger partial charge in [-0.3, -0.25) is 9.59 Å². The zero-order valence-corrected chi connectivity index (χ0v) is 28.8. The molecule has 0 aromatic heterocycles. The standard InChI is InChI=1S/C38H49N3O4S/c1-7-9-10-11-12-15-25-41(36(43)33(24-26-46-6)40-37(44)45-38(3,4)5)34(30-20-18-28(8-2)19-21-30)35(42)39-32-23-22-29-16-13-14-17-31(29)27-32/h2,13-14,16-23,27,33-34H,7,9-12,15,24-26H2,1,3-6H3,(H,39,42)(H,40,44). The van der Waals surface area contributed by atoms with Gasteiger partial charge in [-0.25, -0.2) is 4.79 Å². The Morgan fingerprint density at radius 3 is 2.26 bits per heavy atom. The SMILES string of the molecule is C#Cc1ccc(C(C(=O)Nc2ccc3ccccc3c2)N(CCCCCCCC)C(=O)C(CCSC)NC(=O)OC(C)(C)C)cc1. The normalized spacial score (nSPS) is 12.5. The van der Waals surface area contributed by atoms with Gasteiger partial charge in [0, 0.05) is 17.8 Å². The van der Waals surface area contributed by atoms with Gasteiger partial charge in [-0.15, -0.1) is 6.42 Å². The number of fused-ring (bicyclic) bond motifs is 1. The van der Waals surface area contributed by atoms with Crippen LogP contribution in [-0.4, -0.2) is 53.0 Å². The summed E-state index contributed by atoms with van der Waals surface area (Å²) in [7, 11) is 0. The highest BCUT2D eigenvalue weighted by atomic mass is 32.2. The van der Waals surface area contributed by atoms with Crippen LogP contribution in [0.25, 0.3) is 10.8 Å². The van der Waals surface area contributed by atoms with Crippen LogP contribution in [0.15, 0.2) is 66.7 Å². The Balaban J connectivity index is 2.02. The number of ether oxygens (including phenoxy) is 1. The van der Waals surface area contributed by atoms with Gasteiger partial charge in [-0.1, -0.05) is 87.4 Å². The number of alkyl carbamates (subject to hydrolysis) is 1. The van der Waals surface area contributed by atoms with Crippen LogP contribution in [-0.2, 0) is 14.3 Å². The van der Waals surface area contributed by atoms with Crippen LogP contribution in [0.1, 0.15) is 89.8 Å². The number of nitrogens with zero attached hydrogens (tertiary/aromatic N) is 1.